The highest BCUT2D eigenvalue weighted by Gasteiger charge is 2.20. The van der Waals surface area contributed by atoms with Gasteiger partial charge < -0.3 is 10.1 Å². The van der Waals surface area contributed by atoms with Crippen LogP contribution in [0.5, 0.6) is 5.88 Å². The summed E-state index contributed by atoms with van der Waals surface area (Å²) in [4.78, 5) is 16.1. The summed E-state index contributed by atoms with van der Waals surface area (Å²) in [5.74, 6) is 1.99. The molecule has 0 bridgehead atoms. The second kappa shape index (κ2) is 6.40. The summed E-state index contributed by atoms with van der Waals surface area (Å²) in [6, 6.07) is 1.84. The van der Waals surface area contributed by atoms with Gasteiger partial charge in [0.1, 0.15) is 11.5 Å². The van der Waals surface area contributed by atoms with Gasteiger partial charge in [-0.05, 0) is 25.0 Å². The van der Waals surface area contributed by atoms with Gasteiger partial charge in [-0.1, -0.05) is 37.3 Å². The van der Waals surface area contributed by atoms with E-state index in [9.17, 15) is 5.11 Å². The third-order valence-electron chi connectivity index (χ3n) is 4.74. The molecule has 3 heterocycles. The first-order valence-electron chi connectivity index (χ1n) is 8.41. The monoisotopic (exact) mass is 342 g/mol. The van der Waals surface area contributed by atoms with Crippen LogP contribution in [0.3, 0.4) is 0 Å². The summed E-state index contributed by atoms with van der Waals surface area (Å²) in [6.07, 6.45) is 12.5. The number of aromatic hydroxyl groups is 1. The van der Waals surface area contributed by atoms with Crippen LogP contribution >= 0.6 is 11.6 Å². The summed E-state index contributed by atoms with van der Waals surface area (Å²) >= 11 is 6.03. The molecule has 0 atom stereocenters. The third kappa shape index (κ3) is 2.96. The molecule has 0 unspecified atom stereocenters. The molecule has 0 spiro atoms. The van der Waals surface area contributed by atoms with Crippen LogP contribution in [0.25, 0.3) is 11.6 Å². The van der Waals surface area contributed by atoms with Crippen LogP contribution < -0.4 is 0 Å². The normalized spacial score (nSPS) is 19.6. The van der Waals surface area contributed by atoms with Gasteiger partial charge in [-0.15, -0.1) is 0 Å². The van der Waals surface area contributed by atoms with Gasteiger partial charge >= 0.3 is 0 Å². The van der Waals surface area contributed by atoms with Gasteiger partial charge in [-0.2, -0.15) is 4.98 Å². The molecule has 2 aromatic rings. The van der Waals surface area contributed by atoms with Crippen molar-refractivity contribution in [3.63, 3.8) is 0 Å². The van der Waals surface area contributed by atoms with Crippen LogP contribution in [0.15, 0.2) is 17.3 Å². The fourth-order valence-corrected chi connectivity index (χ4v) is 3.62. The van der Waals surface area contributed by atoms with Crippen molar-refractivity contribution in [3.05, 3.63) is 34.4 Å². The Bertz CT molecular complexity index is 816. The van der Waals surface area contributed by atoms with E-state index in [2.05, 4.69) is 19.9 Å². The van der Waals surface area contributed by atoms with Gasteiger partial charge in [-0.25, -0.2) is 9.98 Å². The van der Waals surface area contributed by atoms with E-state index in [0.29, 0.717) is 22.5 Å². The van der Waals surface area contributed by atoms with Crippen molar-refractivity contribution in [2.24, 2.45) is 4.99 Å². The van der Waals surface area contributed by atoms with Gasteiger partial charge in [0.2, 0.25) is 5.88 Å². The van der Waals surface area contributed by atoms with Crippen LogP contribution in [0.2, 0.25) is 5.02 Å². The van der Waals surface area contributed by atoms with Crippen molar-refractivity contribution in [1.29, 1.82) is 0 Å². The van der Waals surface area contributed by atoms with Gasteiger partial charge in [0.25, 0.3) is 0 Å². The molecule has 124 valence electrons. The molecule has 1 saturated carbocycles. The Morgan fingerprint density at radius 2 is 2.00 bits per heavy atom. The summed E-state index contributed by atoms with van der Waals surface area (Å²) in [5.41, 5.74) is 2.35. The molecule has 6 heteroatoms. The maximum Gasteiger partial charge on any atom is 0.237 e. The fraction of sp³-hybridized carbons (Fsp3) is 0.389. The molecule has 1 aliphatic heterocycles. The van der Waals surface area contributed by atoms with Crippen molar-refractivity contribution in [1.82, 2.24) is 15.0 Å². The first-order valence-corrected chi connectivity index (χ1v) is 8.79. The molecule has 2 aliphatic rings. The number of rotatable bonds is 2. The number of allylic oxidation sites excluding steroid dienone is 1. The van der Waals surface area contributed by atoms with Gasteiger partial charge in [0, 0.05) is 29.5 Å². The molecule has 0 amide bonds. The fourth-order valence-electron chi connectivity index (χ4n) is 3.46. The Balaban J connectivity index is 1.64. The molecule has 4 rings (SSSR count). The number of aromatic amines is 1. The molecular formula is C18H19ClN4O. The number of nitrogens with zero attached hydrogens (tertiary/aromatic N) is 3. The highest BCUT2D eigenvalue weighted by Crippen LogP contribution is 2.35. The standard InChI is InChI=1S/C18H19ClN4O/c19-13-8-14-12(9-20-17(14)21-10-13)7-15-18(24)23-16(22-15)11-5-3-1-2-4-6-11/h7-11,24H,1-6H2,(H,22,23). The summed E-state index contributed by atoms with van der Waals surface area (Å²) in [6.45, 7) is 0. The smallest absolute Gasteiger partial charge is 0.237 e. The van der Waals surface area contributed by atoms with E-state index in [1.54, 1.807) is 12.4 Å². The number of aromatic nitrogens is 3. The lowest BCUT2D eigenvalue weighted by Crippen LogP contribution is -1.99. The van der Waals surface area contributed by atoms with Crippen LogP contribution in [0.1, 0.15) is 61.5 Å². The van der Waals surface area contributed by atoms with E-state index < -0.39 is 0 Å². The number of pyridine rings is 1. The van der Waals surface area contributed by atoms with E-state index in [4.69, 9.17) is 11.6 Å². The molecule has 5 nitrogen and oxygen atoms in total. The largest absolute Gasteiger partial charge is 0.492 e. The maximum atomic E-state index is 10.2. The zero-order chi connectivity index (χ0) is 16.5. The minimum atomic E-state index is 0.0404. The van der Waals surface area contributed by atoms with Crippen LogP contribution in [-0.2, 0) is 0 Å². The predicted octanol–water partition coefficient (Wildman–Crippen LogP) is 4.86. The van der Waals surface area contributed by atoms with Crippen LogP contribution in [0.4, 0.5) is 5.82 Å². The van der Waals surface area contributed by atoms with Crippen molar-refractivity contribution in [3.8, 4) is 5.88 Å². The Labute approximate surface area is 145 Å². The highest BCUT2D eigenvalue weighted by atomic mass is 35.5. The Morgan fingerprint density at radius 1 is 1.21 bits per heavy atom. The second-order valence-electron chi connectivity index (χ2n) is 6.43. The average molecular weight is 343 g/mol. The molecule has 0 aromatic carbocycles. The van der Waals surface area contributed by atoms with Gasteiger partial charge in [0.05, 0.1) is 5.02 Å². The van der Waals surface area contributed by atoms with Crippen LogP contribution in [-0.4, -0.2) is 26.3 Å². The quantitative estimate of drug-likeness (QED) is 0.765. The van der Waals surface area contributed by atoms with Gasteiger partial charge in [0.15, 0.2) is 5.82 Å². The number of hydrogen-bond donors (Lipinski definition) is 2. The Kier molecular flexibility index (Phi) is 4.10. The molecule has 1 aliphatic carbocycles. The number of hydrogen-bond acceptors (Lipinski definition) is 4. The lowest BCUT2D eigenvalue weighted by molar-refractivity contribution is 0.451. The van der Waals surface area contributed by atoms with E-state index in [1.165, 1.54) is 25.7 Å². The molecule has 2 N–H and O–H groups in total. The number of fused-ring (bicyclic) bond motifs is 1. The number of aliphatic imine (C=N–C) groups is 1. The zero-order valence-corrected chi connectivity index (χ0v) is 14.1. The van der Waals surface area contributed by atoms with Crippen molar-refractivity contribution in [2.45, 2.75) is 44.4 Å². The van der Waals surface area contributed by atoms with Crippen molar-refractivity contribution < 1.29 is 5.11 Å². The van der Waals surface area contributed by atoms with E-state index in [-0.39, 0.29) is 5.88 Å². The number of H-pyrrole nitrogens is 1. The molecule has 1 fully saturated rings. The lowest BCUT2D eigenvalue weighted by Gasteiger charge is -2.09. The van der Waals surface area contributed by atoms with Gasteiger partial charge in [-0.3, -0.25) is 0 Å². The maximum absolute atomic E-state index is 10.2. The number of nitrogens with one attached hydrogen (secondary N) is 1. The lowest BCUT2D eigenvalue weighted by atomic mass is 10.00. The molecule has 24 heavy (non-hydrogen) atoms. The van der Waals surface area contributed by atoms with E-state index >= 15 is 0 Å². The minimum absolute atomic E-state index is 0.0404. The minimum Gasteiger partial charge on any atom is -0.492 e. The predicted molar refractivity (Wildman–Crippen MR) is 96.0 cm³/mol. The third-order valence-corrected chi connectivity index (χ3v) is 4.95. The Morgan fingerprint density at radius 3 is 2.79 bits per heavy atom. The van der Waals surface area contributed by atoms with Crippen molar-refractivity contribution in [2.75, 3.05) is 0 Å². The highest BCUT2D eigenvalue weighted by molar-refractivity contribution is 6.31. The second-order valence-corrected chi connectivity index (χ2v) is 6.87. The summed E-state index contributed by atoms with van der Waals surface area (Å²) in [7, 11) is 0. The first-order chi connectivity index (χ1) is 11.7. The van der Waals surface area contributed by atoms with E-state index in [0.717, 1.165) is 29.8 Å². The SMILES string of the molecule is Oc1nc(C2CCCCCC2)[nH]c1C=C1C=Nc2ncc(Cl)cc21. The topological polar surface area (TPSA) is 74.2 Å². The van der Waals surface area contributed by atoms with E-state index in [1.807, 2.05) is 12.1 Å². The Hall–Kier alpha value is -2.14. The van der Waals surface area contributed by atoms with Crippen molar-refractivity contribution >= 4 is 35.3 Å². The summed E-state index contributed by atoms with van der Waals surface area (Å²) < 4.78 is 0. The molecule has 0 radical (unpaired) electrons. The molecule has 0 saturated heterocycles. The average Bonchev–Trinajstić information content (AvgIpc) is 3.01. The van der Waals surface area contributed by atoms with Crippen LogP contribution in [0, 0.1) is 0 Å². The molecule has 2 aromatic heterocycles. The summed E-state index contributed by atoms with van der Waals surface area (Å²) in [5, 5.41) is 10.8. The number of imidazole rings is 1. The zero-order valence-electron chi connectivity index (χ0n) is 13.3. The molecular weight excluding hydrogens is 324 g/mol. The number of halogens is 1. The first kappa shape index (κ1) is 15.4.